The molecule has 2 heterocycles. The van der Waals surface area contributed by atoms with Gasteiger partial charge in [-0.25, -0.2) is 9.37 Å². The first-order valence-electron chi connectivity index (χ1n) is 7.13. The van der Waals surface area contributed by atoms with Crippen LogP contribution in [0.1, 0.15) is 21.7 Å². The quantitative estimate of drug-likeness (QED) is 0.778. The molecule has 0 radical (unpaired) electrons. The highest BCUT2D eigenvalue weighted by Crippen LogP contribution is 2.21. The van der Waals surface area contributed by atoms with Crippen LogP contribution in [0.5, 0.6) is 0 Å². The summed E-state index contributed by atoms with van der Waals surface area (Å²) in [5, 5.41) is 9.69. The molecule has 1 aromatic carbocycles. The van der Waals surface area contributed by atoms with Crippen LogP contribution < -0.4 is 5.32 Å². The molecule has 0 saturated carbocycles. The van der Waals surface area contributed by atoms with Crippen LogP contribution in [0.25, 0.3) is 11.3 Å². The SMILES string of the molecule is Cc1cccc(C(=O)NCc2cn[nH]c2-c2ccc(F)cc2)n1. The number of hydrogen-bond acceptors (Lipinski definition) is 3. The number of carbonyl (C=O) groups is 1. The van der Waals surface area contributed by atoms with Gasteiger partial charge in [0.05, 0.1) is 11.9 Å². The number of amides is 1. The highest BCUT2D eigenvalue weighted by Gasteiger charge is 2.11. The van der Waals surface area contributed by atoms with Crippen LogP contribution in [0.2, 0.25) is 0 Å². The summed E-state index contributed by atoms with van der Waals surface area (Å²) in [4.78, 5) is 16.3. The zero-order valence-corrected chi connectivity index (χ0v) is 12.5. The van der Waals surface area contributed by atoms with E-state index in [1.807, 2.05) is 13.0 Å². The Labute approximate surface area is 132 Å². The Morgan fingerprint density at radius 3 is 2.74 bits per heavy atom. The lowest BCUT2D eigenvalue weighted by atomic mass is 10.1. The maximum Gasteiger partial charge on any atom is 0.270 e. The van der Waals surface area contributed by atoms with Gasteiger partial charge >= 0.3 is 0 Å². The number of halogens is 1. The second-order valence-corrected chi connectivity index (χ2v) is 5.12. The molecule has 0 aliphatic carbocycles. The molecular formula is C17H15FN4O. The Hall–Kier alpha value is -3.02. The summed E-state index contributed by atoms with van der Waals surface area (Å²) in [6, 6.07) is 11.4. The summed E-state index contributed by atoms with van der Waals surface area (Å²) >= 11 is 0. The standard InChI is InChI=1S/C17H15FN4O/c1-11-3-2-4-15(21-11)17(23)19-9-13-10-20-22-16(13)12-5-7-14(18)8-6-12/h2-8,10H,9H2,1H3,(H,19,23)(H,20,22). The van der Waals surface area contributed by atoms with Crippen molar-refractivity contribution in [2.24, 2.45) is 0 Å². The minimum atomic E-state index is -0.298. The van der Waals surface area contributed by atoms with E-state index < -0.39 is 0 Å². The van der Waals surface area contributed by atoms with Crippen LogP contribution in [0.4, 0.5) is 4.39 Å². The largest absolute Gasteiger partial charge is 0.346 e. The van der Waals surface area contributed by atoms with Crippen LogP contribution >= 0.6 is 0 Å². The minimum absolute atomic E-state index is 0.250. The number of nitrogens with zero attached hydrogens (tertiary/aromatic N) is 2. The first-order chi connectivity index (χ1) is 11.1. The molecule has 6 heteroatoms. The van der Waals surface area contributed by atoms with Crippen molar-refractivity contribution < 1.29 is 9.18 Å². The molecule has 116 valence electrons. The number of aromatic nitrogens is 3. The lowest BCUT2D eigenvalue weighted by molar-refractivity contribution is 0.0946. The van der Waals surface area contributed by atoms with Gasteiger partial charge < -0.3 is 5.32 Å². The monoisotopic (exact) mass is 310 g/mol. The summed E-state index contributed by atoms with van der Waals surface area (Å²) in [7, 11) is 0. The smallest absolute Gasteiger partial charge is 0.270 e. The minimum Gasteiger partial charge on any atom is -0.346 e. The number of nitrogens with one attached hydrogen (secondary N) is 2. The summed E-state index contributed by atoms with van der Waals surface area (Å²) in [5.41, 5.74) is 3.53. The number of carbonyl (C=O) groups excluding carboxylic acids is 1. The molecule has 3 rings (SSSR count). The molecule has 0 aliphatic heterocycles. The van der Waals surface area contributed by atoms with Crippen molar-refractivity contribution in [1.82, 2.24) is 20.5 Å². The van der Waals surface area contributed by atoms with E-state index >= 15 is 0 Å². The van der Waals surface area contributed by atoms with Crippen LogP contribution in [0.3, 0.4) is 0 Å². The van der Waals surface area contributed by atoms with E-state index in [-0.39, 0.29) is 11.7 Å². The highest BCUT2D eigenvalue weighted by atomic mass is 19.1. The number of hydrogen-bond donors (Lipinski definition) is 2. The molecule has 23 heavy (non-hydrogen) atoms. The summed E-state index contributed by atoms with van der Waals surface area (Å²) in [6.45, 7) is 2.14. The number of aryl methyl sites for hydroxylation is 1. The van der Waals surface area contributed by atoms with Gasteiger partial charge in [0.1, 0.15) is 11.5 Å². The Bertz CT molecular complexity index is 827. The van der Waals surface area contributed by atoms with Crippen molar-refractivity contribution in [2.45, 2.75) is 13.5 Å². The second-order valence-electron chi connectivity index (χ2n) is 5.12. The third-order valence-corrected chi connectivity index (χ3v) is 3.41. The van der Waals surface area contributed by atoms with Gasteiger partial charge in [-0.3, -0.25) is 9.89 Å². The normalized spacial score (nSPS) is 10.5. The first kappa shape index (κ1) is 14.9. The van der Waals surface area contributed by atoms with Gasteiger partial charge in [0, 0.05) is 23.4 Å². The molecule has 2 N–H and O–H groups in total. The van der Waals surface area contributed by atoms with E-state index in [4.69, 9.17) is 0 Å². The molecule has 0 atom stereocenters. The van der Waals surface area contributed by atoms with Crippen molar-refractivity contribution in [2.75, 3.05) is 0 Å². The molecule has 5 nitrogen and oxygen atoms in total. The van der Waals surface area contributed by atoms with E-state index in [1.165, 1.54) is 12.1 Å². The van der Waals surface area contributed by atoms with Gasteiger partial charge in [0.25, 0.3) is 5.91 Å². The van der Waals surface area contributed by atoms with E-state index in [0.717, 1.165) is 22.5 Å². The van der Waals surface area contributed by atoms with Crippen molar-refractivity contribution in [3.8, 4) is 11.3 Å². The lowest BCUT2D eigenvalue weighted by Crippen LogP contribution is -2.24. The van der Waals surface area contributed by atoms with E-state index in [2.05, 4.69) is 20.5 Å². The van der Waals surface area contributed by atoms with Gasteiger partial charge in [-0.2, -0.15) is 5.10 Å². The summed E-state index contributed by atoms with van der Waals surface area (Å²) < 4.78 is 13.0. The van der Waals surface area contributed by atoms with E-state index in [9.17, 15) is 9.18 Å². The third-order valence-electron chi connectivity index (χ3n) is 3.41. The maximum absolute atomic E-state index is 13.0. The average Bonchev–Trinajstić information content (AvgIpc) is 3.02. The number of H-pyrrole nitrogens is 1. The molecule has 0 saturated heterocycles. The van der Waals surface area contributed by atoms with Crippen molar-refractivity contribution in [3.05, 3.63) is 71.4 Å². The topological polar surface area (TPSA) is 70.7 Å². The van der Waals surface area contributed by atoms with Gasteiger partial charge in [0.15, 0.2) is 0 Å². The number of benzene rings is 1. The van der Waals surface area contributed by atoms with Crippen molar-refractivity contribution in [1.29, 1.82) is 0 Å². The zero-order chi connectivity index (χ0) is 16.2. The second kappa shape index (κ2) is 6.39. The van der Waals surface area contributed by atoms with Gasteiger partial charge in [-0.05, 0) is 43.3 Å². The van der Waals surface area contributed by atoms with Crippen LogP contribution in [-0.4, -0.2) is 21.1 Å². The van der Waals surface area contributed by atoms with E-state index in [1.54, 1.807) is 30.5 Å². The predicted octanol–water partition coefficient (Wildman–Crippen LogP) is 2.85. The molecule has 2 aromatic heterocycles. The highest BCUT2D eigenvalue weighted by molar-refractivity contribution is 5.92. The Morgan fingerprint density at radius 2 is 2.00 bits per heavy atom. The Balaban J connectivity index is 1.73. The van der Waals surface area contributed by atoms with Crippen LogP contribution in [0, 0.1) is 12.7 Å². The molecule has 0 bridgehead atoms. The molecule has 0 spiro atoms. The van der Waals surface area contributed by atoms with Crippen LogP contribution in [-0.2, 0) is 6.54 Å². The number of pyridine rings is 1. The predicted molar refractivity (Wildman–Crippen MR) is 84.1 cm³/mol. The molecule has 0 aliphatic rings. The molecule has 0 fully saturated rings. The molecule has 3 aromatic rings. The Morgan fingerprint density at radius 1 is 1.22 bits per heavy atom. The van der Waals surface area contributed by atoms with Gasteiger partial charge in [-0.1, -0.05) is 6.07 Å². The van der Waals surface area contributed by atoms with Gasteiger partial charge in [-0.15, -0.1) is 0 Å². The maximum atomic E-state index is 13.0. The van der Waals surface area contributed by atoms with E-state index in [0.29, 0.717) is 12.2 Å². The van der Waals surface area contributed by atoms with Gasteiger partial charge in [0.2, 0.25) is 0 Å². The number of aromatic amines is 1. The Kier molecular flexibility index (Phi) is 4.14. The first-order valence-corrected chi connectivity index (χ1v) is 7.13. The lowest BCUT2D eigenvalue weighted by Gasteiger charge is -2.06. The fraction of sp³-hybridized carbons (Fsp3) is 0.118. The molecule has 1 amide bonds. The zero-order valence-electron chi connectivity index (χ0n) is 12.5. The van der Waals surface area contributed by atoms with Crippen LogP contribution in [0.15, 0.2) is 48.7 Å². The molecule has 0 unspecified atom stereocenters. The molecular weight excluding hydrogens is 295 g/mol. The summed E-state index contributed by atoms with van der Waals surface area (Å²) in [6.07, 6.45) is 1.64. The average molecular weight is 310 g/mol. The third kappa shape index (κ3) is 3.42. The fourth-order valence-corrected chi connectivity index (χ4v) is 2.25. The van der Waals surface area contributed by atoms with Crippen molar-refractivity contribution in [3.63, 3.8) is 0 Å². The fourth-order valence-electron chi connectivity index (χ4n) is 2.25. The summed E-state index contributed by atoms with van der Waals surface area (Å²) in [5.74, 6) is -0.548. The van der Waals surface area contributed by atoms with Crippen molar-refractivity contribution >= 4 is 5.91 Å². The number of rotatable bonds is 4.